The summed E-state index contributed by atoms with van der Waals surface area (Å²) in [4.78, 5) is 26.4. The van der Waals surface area contributed by atoms with Gasteiger partial charge >= 0.3 is 6.03 Å². The summed E-state index contributed by atoms with van der Waals surface area (Å²) < 4.78 is 26.6. The third-order valence-electron chi connectivity index (χ3n) is 4.66. The monoisotopic (exact) mass is 358 g/mol. The van der Waals surface area contributed by atoms with E-state index in [1.165, 1.54) is 6.07 Å². The predicted octanol–water partition coefficient (Wildman–Crippen LogP) is 4.40. The summed E-state index contributed by atoms with van der Waals surface area (Å²) >= 11 is 0. The van der Waals surface area contributed by atoms with Gasteiger partial charge in [-0.2, -0.15) is 0 Å². The predicted molar refractivity (Wildman–Crippen MR) is 95.2 cm³/mol. The smallest absolute Gasteiger partial charge is 0.321 e. The fraction of sp³-hybridized carbons (Fsp3) is 0.300. The molecule has 1 aliphatic rings. The molecule has 26 heavy (non-hydrogen) atoms. The van der Waals surface area contributed by atoms with Gasteiger partial charge in [0.25, 0.3) is 0 Å². The third-order valence-corrected chi connectivity index (χ3v) is 4.66. The van der Waals surface area contributed by atoms with Crippen LogP contribution in [0.3, 0.4) is 0 Å². The van der Waals surface area contributed by atoms with Crippen LogP contribution in [0.2, 0.25) is 0 Å². The van der Waals surface area contributed by atoms with Crippen molar-refractivity contribution in [1.82, 2.24) is 4.90 Å². The van der Waals surface area contributed by atoms with Crippen molar-refractivity contribution >= 4 is 17.5 Å². The SMILES string of the molecule is Cc1ccc(C(=O)C2CCN(C(=O)Nc3ccc(F)cc3F)CC2)cc1. The fourth-order valence-corrected chi connectivity index (χ4v) is 3.08. The molecule has 1 saturated heterocycles. The second-order valence-corrected chi connectivity index (χ2v) is 6.55. The number of hydrogen-bond donors (Lipinski definition) is 1. The Morgan fingerprint density at radius 3 is 2.31 bits per heavy atom. The Kier molecular flexibility index (Phi) is 5.30. The van der Waals surface area contributed by atoms with Crippen molar-refractivity contribution in [3.63, 3.8) is 0 Å². The van der Waals surface area contributed by atoms with Gasteiger partial charge in [0.1, 0.15) is 11.6 Å². The summed E-state index contributed by atoms with van der Waals surface area (Å²) in [6, 6.07) is 10.0. The Morgan fingerprint density at radius 1 is 1.04 bits per heavy atom. The summed E-state index contributed by atoms with van der Waals surface area (Å²) in [7, 11) is 0. The first-order chi connectivity index (χ1) is 12.4. The highest BCUT2D eigenvalue weighted by atomic mass is 19.1. The topological polar surface area (TPSA) is 49.4 Å². The number of hydrogen-bond acceptors (Lipinski definition) is 2. The molecule has 1 heterocycles. The van der Waals surface area contributed by atoms with Gasteiger partial charge < -0.3 is 10.2 Å². The minimum atomic E-state index is -0.817. The van der Waals surface area contributed by atoms with E-state index >= 15 is 0 Å². The number of carbonyl (C=O) groups excluding carboxylic acids is 2. The fourth-order valence-electron chi connectivity index (χ4n) is 3.08. The summed E-state index contributed by atoms with van der Waals surface area (Å²) in [6.45, 7) is 2.79. The molecule has 0 radical (unpaired) electrons. The maximum Gasteiger partial charge on any atom is 0.321 e. The molecule has 0 spiro atoms. The van der Waals surface area contributed by atoms with E-state index in [2.05, 4.69) is 5.32 Å². The lowest BCUT2D eigenvalue weighted by atomic mass is 9.89. The first-order valence-electron chi connectivity index (χ1n) is 8.56. The lowest BCUT2D eigenvalue weighted by Crippen LogP contribution is -2.42. The number of ketones is 1. The van der Waals surface area contributed by atoms with Crippen LogP contribution in [-0.2, 0) is 0 Å². The van der Waals surface area contributed by atoms with Gasteiger partial charge in [-0.05, 0) is 31.9 Å². The number of nitrogens with zero attached hydrogens (tertiary/aromatic N) is 1. The molecule has 0 aliphatic carbocycles. The average molecular weight is 358 g/mol. The number of urea groups is 1. The van der Waals surface area contributed by atoms with E-state index in [1.807, 2.05) is 31.2 Å². The Balaban J connectivity index is 1.56. The van der Waals surface area contributed by atoms with Crippen molar-refractivity contribution < 1.29 is 18.4 Å². The summed E-state index contributed by atoms with van der Waals surface area (Å²) in [5, 5.41) is 2.45. The van der Waals surface area contributed by atoms with Crippen LogP contribution in [0.1, 0.15) is 28.8 Å². The molecule has 2 aromatic carbocycles. The maximum atomic E-state index is 13.6. The zero-order chi connectivity index (χ0) is 18.7. The summed E-state index contributed by atoms with van der Waals surface area (Å²) in [5.74, 6) is -1.54. The van der Waals surface area contributed by atoms with Crippen LogP contribution in [-0.4, -0.2) is 29.8 Å². The van der Waals surface area contributed by atoms with E-state index in [4.69, 9.17) is 0 Å². The molecule has 2 amide bonds. The van der Waals surface area contributed by atoms with Crippen molar-refractivity contribution in [2.45, 2.75) is 19.8 Å². The molecule has 1 N–H and O–H groups in total. The molecule has 0 bridgehead atoms. The Bertz CT molecular complexity index is 813. The summed E-state index contributed by atoms with van der Waals surface area (Å²) in [5.41, 5.74) is 1.72. The van der Waals surface area contributed by atoms with Gasteiger partial charge in [0, 0.05) is 30.6 Å². The number of benzene rings is 2. The quantitative estimate of drug-likeness (QED) is 0.827. The first-order valence-corrected chi connectivity index (χ1v) is 8.56. The molecule has 1 aliphatic heterocycles. The van der Waals surface area contributed by atoms with E-state index in [9.17, 15) is 18.4 Å². The minimum absolute atomic E-state index is 0.0609. The Hall–Kier alpha value is -2.76. The van der Waals surface area contributed by atoms with Gasteiger partial charge in [-0.15, -0.1) is 0 Å². The molecule has 2 aromatic rings. The molecule has 1 fully saturated rings. The highest BCUT2D eigenvalue weighted by Crippen LogP contribution is 2.23. The Morgan fingerprint density at radius 2 is 1.69 bits per heavy atom. The van der Waals surface area contributed by atoms with Crippen LogP contribution in [0.5, 0.6) is 0 Å². The average Bonchev–Trinajstić information content (AvgIpc) is 2.64. The molecule has 0 unspecified atom stereocenters. The number of rotatable bonds is 3. The number of Topliss-reactive ketones (excluding diaryl/α,β-unsaturated/α-hetero) is 1. The molecule has 4 nitrogen and oxygen atoms in total. The van der Waals surface area contributed by atoms with E-state index in [-0.39, 0.29) is 17.4 Å². The van der Waals surface area contributed by atoms with Gasteiger partial charge in [-0.1, -0.05) is 29.8 Å². The number of likely N-dealkylation sites (tertiary alicyclic amines) is 1. The van der Waals surface area contributed by atoms with Gasteiger partial charge in [0.15, 0.2) is 5.78 Å². The van der Waals surface area contributed by atoms with Gasteiger partial charge in [0.05, 0.1) is 5.69 Å². The zero-order valence-corrected chi connectivity index (χ0v) is 14.5. The Labute approximate surface area is 150 Å². The zero-order valence-electron chi connectivity index (χ0n) is 14.5. The van der Waals surface area contributed by atoms with E-state index in [0.717, 1.165) is 17.7 Å². The highest BCUT2D eigenvalue weighted by Gasteiger charge is 2.28. The second-order valence-electron chi connectivity index (χ2n) is 6.55. The molecule has 0 aromatic heterocycles. The van der Waals surface area contributed by atoms with E-state index < -0.39 is 17.7 Å². The van der Waals surface area contributed by atoms with Crippen LogP contribution in [0.25, 0.3) is 0 Å². The lowest BCUT2D eigenvalue weighted by Gasteiger charge is -2.31. The van der Waals surface area contributed by atoms with Crippen molar-refractivity contribution in [2.24, 2.45) is 5.92 Å². The number of nitrogens with one attached hydrogen (secondary N) is 1. The van der Waals surface area contributed by atoms with Crippen molar-refractivity contribution in [1.29, 1.82) is 0 Å². The summed E-state index contributed by atoms with van der Waals surface area (Å²) in [6.07, 6.45) is 1.12. The molecule has 0 atom stereocenters. The molecule has 3 rings (SSSR count). The maximum absolute atomic E-state index is 13.6. The number of halogens is 2. The third kappa shape index (κ3) is 4.07. The van der Waals surface area contributed by atoms with Crippen molar-refractivity contribution in [3.8, 4) is 0 Å². The van der Waals surface area contributed by atoms with Crippen molar-refractivity contribution in [2.75, 3.05) is 18.4 Å². The van der Waals surface area contributed by atoms with E-state index in [1.54, 1.807) is 4.90 Å². The number of amides is 2. The van der Waals surface area contributed by atoms with Crippen LogP contribution < -0.4 is 5.32 Å². The second kappa shape index (κ2) is 7.64. The van der Waals surface area contributed by atoms with Gasteiger partial charge in [-0.25, -0.2) is 13.6 Å². The normalized spacial score (nSPS) is 15.0. The lowest BCUT2D eigenvalue weighted by molar-refractivity contribution is 0.0859. The minimum Gasteiger partial charge on any atom is -0.324 e. The number of anilines is 1. The van der Waals surface area contributed by atoms with Crippen LogP contribution in [0, 0.1) is 24.5 Å². The van der Waals surface area contributed by atoms with Gasteiger partial charge in [0.2, 0.25) is 0 Å². The molecule has 0 saturated carbocycles. The van der Waals surface area contributed by atoms with Gasteiger partial charge in [-0.3, -0.25) is 4.79 Å². The highest BCUT2D eigenvalue weighted by molar-refractivity contribution is 5.98. The van der Waals surface area contributed by atoms with Crippen LogP contribution in [0.15, 0.2) is 42.5 Å². The molecule has 6 heteroatoms. The number of aryl methyl sites for hydroxylation is 1. The molecule has 136 valence electrons. The first kappa shape index (κ1) is 18.0. The molecular formula is C20H20F2N2O2. The standard InChI is InChI=1S/C20H20F2N2O2/c1-13-2-4-14(5-3-13)19(25)15-8-10-24(11-9-15)20(26)23-18-7-6-16(21)12-17(18)22/h2-7,12,15H,8-11H2,1H3,(H,23,26). The van der Waals surface area contributed by atoms with Crippen molar-refractivity contribution in [3.05, 3.63) is 65.2 Å². The van der Waals surface area contributed by atoms with Crippen LogP contribution in [0.4, 0.5) is 19.3 Å². The van der Waals surface area contributed by atoms with E-state index in [0.29, 0.717) is 31.5 Å². The number of carbonyl (C=O) groups is 2. The van der Waals surface area contributed by atoms with Crippen LogP contribution >= 0.6 is 0 Å². The number of piperidine rings is 1. The molecular weight excluding hydrogens is 338 g/mol. The largest absolute Gasteiger partial charge is 0.324 e.